The van der Waals surface area contributed by atoms with Crippen molar-refractivity contribution in [1.29, 1.82) is 0 Å². The van der Waals surface area contributed by atoms with Crippen molar-refractivity contribution in [1.82, 2.24) is 0 Å². The van der Waals surface area contributed by atoms with Gasteiger partial charge in [0.25, 0.3) is 0 Å². The Morgan fingerprint density at radius 1 is 1.00 bits per heavy atom. The van der Waals surface area contributed by atoms with Crippen molar-refractivity contribution in [3.05, 3.63) is 48.0 Å². The molecule has 0 bridgehead atoms. The van der Waals surface area contributed by atoms with Crippen LogP contribution in [0.15, 0.2) is 47.4 Å². The molecule has 2 heterocycles. The van der Waals surface area contributed by atoms with Gasteiger partial charge in [-0.05, 0) is 31.2 Å². The first kappa shape index (κ1) is 16.0. The lowest BCUT2D eigenvalue weighted by Gasteiger charge is -2.21. The molecule has 128 valence electrons. The Kier molecular flexibility index (Phi) is 4.13. The standard InChI is InChI=1S/C19H17NO4S/c1-12-2-5-14(6-3-12)25-17-11-18(21)20(19(17)22)13-4-7-15-16(10-13)24-9-8-23-15/h2-7,10,17H,8-9,11H2,1H3/t17-/m0/s1. The van der Waals surface area contributed by atoms with Crippen molar-refractivity contribution in [2.75, 3.05) is 18.1 Å². The molecule has 1 fully saturated rings. The second-order valence-electron chi connectivity index (χ2n) is 6.02. The zero-order valence-corrected chi connectivity index (χ0v) is 14.5. The quantitative estimate of drug-likeness (QED) is 0.792. The highest BCUT2D eigenvalue weighted by Gasteiger charge is 2.40. The molecule has 6 heteroatoms. The van der Waals surface area contributed by atoms with Crippen LogP contribution in [0.1, 0.15) is 12.0 Å². The predicted molar refractivity (Wildman–Crippen MR) is 95.4 cm³/mol. The Hall–Kier alpha value is -2.47. The maximum atomic E-state index is 12.8. The summed E-state index contributed by atoms with van der Waals surface area (Å²) in [6.45, 7) is 2.98. The number of rotatable bonds is 3. The number of imide groups is 1. The van der Waals surface area contributed by atoms with Crippen LogP contribution in [0, 0.1) is 6.92 Å². The van der Waals surface area contributed by atoms with Crippen molar-refractivity contribution in [2.24, 2.45) is 0 Å². The number of benzene rings is 2. The van der Waals surface area contributed by atoms with Crippen molar-refractivity contribution in [2.45, 2.75) is 23.5 Å². The molecule has 5 nitrogen and oxygen atoms in total. The second-order valence-corrected chi connectivity index (χ2v) is 7.30. The Morgan fingerprint density at radius 3 is 2.48 bits per heavy atom. The number of carbonyl (C=O) groups is 2. The molecular formula is C19H17NO4S. The molecule has 0 N–H and O–H groups in total. The number of thioether (sulfide) groups is 1. The average Bonchev–Trinajstić information content (AvgIpc) is 2.90. The molecule has 0 saturated carbocycles. The lowest BCUT2D eigenvalue weighted by molar-refractivity contribution is -0.121. The van der Waals surface area contributed by atoms with Crippen LogP contribution in [-0.2, 0) is 9.59 Å². The molecule has 4 rings (SSSR count). The topological polar surface area (TPSA) is 55.8 Å². The average molecular weight is 355 g/mol. The SMILES string of the molecule is Cc1ccc(S[C@H]2CC(=O)N(c3ccc4c(c3)OCCO4)C2=O)cc1. The molecule has 1 atom stereocenters. The van der Waals surface area contributed by atoms with Crippen molar-refractivity contribution in [3.63, 3.8) is 0 Å². The van der Waals surface area contributed by atoms with E-state index in [4.69, 9.17) is 9.47 Å². The van der Waals surface area contributed by atoms with Gasteiger partial charge in [-0.25, -0.2) is 4.90 Å². The third kappa shape index (κ3) is 3.09. The van der Waals surface area contributed by atoms with Crippen LogP contribution >= 0.6 is 11.8 Å². The number of hydrogen-bond acceptors (Lipinski definition) is 5. The second kappa shape index (κ2) is 6.44. The molecule has 0 radical (unpaired) electrons. The van der Waals surface area contributed by atoms with Gasteiger partial charge in [0.2, 0.25) is 11.8 Å². The van der Waals surface area contributed by atoms with Gasteiger partial charge in [0.1, 0.15) is 13.2 Å². The fourth-order valence-electron chi connectivity index (χ4n) is 2.92. The van der Waals surface area contributed by atoms with Crippen molar-refractivity contribution in [3.8, 4) is 11.5 Å². The van der Waals surface area contributed by atoms with Gasteiger partial charge in [0.15, 0.2) is 11.5 Å². The highest BCUT2D eigenvalue weighted by Crippen LogP contribution is 2.38. The van der Waals surface area contributed by atoms with Crippen LogP contribution in [0.2, 0.25) is 0 Å². The molecule has 0 aromatic heterocycles. The summed E-state index contributed by atoms with van der Waals surface area (Å²) in [6, 6.07) is 13.1. The monoisotopic (exact) mass is 355 g/mol. The number of aryl methyl sites for hydroxylation is 1. The largest absolute Gasteiger partial charge is 0.486 e. The van der Waals surface area contributed by atoms with E-state index in [1.807, 2.05) is 31.2 Å². The normalized spacial score (nSPS) is 19.4. The summed E-state index contributed by atoms with van der Waals surface area (Å²) in [5.41, 5.74) is 1.70. The van der Waals surface area contributed by atoms with Gasteiger partial charge in [-0.1, -0.05) is 17.7 Å². The van der Waals surface area contributed by atoms with E-state index >= 15 is 0 Å². The van der Waals surface area contributed by atoms with Crippen LogP contribution in [0.25, 0.3) is 0 Å². The minimum atomic E-state index is -0.400. The Labute approximate surface area is 149 Å². The third-order valence-electron chi connectivity index (χ3n) is 4.19. The van der Waals surface area contributed by atoms with Gasteiger partial charge in [-0.15, -0.1) is 11.8 Å². The number of anilines is 1. The molecule has 2 amide bonds. The molecule has 2 aliphatic heterocycles. The minimum Gasteiger partial charge on any atom is -0.486 e. The van der Waals surface area contributed by atoms with E-state index in [0.717, 1.165) is 10.5 Å². The molecule has 2 aromatic carbocycles. The van der Waals surface area contributed by atoms with Gasteiger partial charge in [0, 0.05) is 17.4 Å². The maximum absolute atomic E-state index is 12.8. The number of carbonyl (C=O) groups excluding carboxylic acids is 2. The van der Waals surface area contributed by atoms with Crippen LogP contribution in [0.4, 0.5) is 5.69 Å². The summed E-state index contributed by atoms with van der Waals surface area (Å²) < 4.78 is 11.0. The Balaban J connectivity index is 1.56. The van der Waals surface area contributed by atoms with Crippen molar-refractivity contribution >= 4 is 29.3 Å². The lowest BCUT2D eigenvalue weighted by Crippen LogP contribution is -2.31. The van der Waals surface area contributed by atoms with Crippen LogP contribution in [-0.4, -0.2) is 30.3 Å². The molecular weight excluding hydrogens is 338 g/mol. The molecule has 2 aliphatic rings. The fourth-order valence-corrected chi connectivity index (χ4v) is 3.97. The zero-order chi connectivity index (χ0) is 17.4. The van der Waals surface area contributed by atoms with E-state index in [1.165, 1.54) is 16.7 Å². The van der Waals surface area contributed by atoms with E-state index < -0.39 is 5.25 Å². The summed E-state index contributed by atoms with van der Waals surface area (Å²) in [4.78, 5) is 27.4. The summed E-state index contributed by atoms with van der Waals surface area (Å²) in [5.74, 6) is 0.831. The predicted octanol–water partition coefficient (Wildman–Crippen LogP) is 3.19. The van der Waals surface area contributed by atoms with Gasteiger partial charge >= 0.3 is 0 Å². The molecule has 0 aliphatic carbocycles. The smallest absolute Gasteiger partial charge is 0.247 e. The Bertz CT molecular complexity index is 834. The summed E-state index contributed by atoms with van der Waals surface area (Å²) >= 11 is 1.43. The molecule has 2 aromatic rings. The fraction of sp³-hybridized carbons (Fsp3) is 0.263. The van der Waals surface area contributed by atoms with E-state index in [0.29, 0.717) is 30.4 Å². The third-order valence-corrected chi connectivity index (χ3v) is 5.39. The van der Waals surface area contributed by atoms with E-state index in [1.54, 1.807) is 18.2 Å². The summed E-state index contributed by atoms with van der Waals surface area (Å²) in [6.07, 6.45) is 0.200. The molecule has 1 saturated heterocycles. The highest BCUT2D eigenvalue weighted by molar-refractivity contribution is 8.00. The first-order valence-corrected chi connectivity index (χ1v) is 8.99. The minimum absolute atomic E-state index is 0.188. The number of fused-ring (bicyclic) bond motifs is 1. The van der Waals surface area contributed by atoms with E-state index in [9.17, 15) is 9.59 Å². The van der Waals surface area contributed by atoms with Gasteiger partial charge in [0.05, 0.1) is 10.9 Å². The van der Waals surface area contributed by atoms with Crippen LogP contribution in [0.5, 0.6) is 11.5 Å². The molecule has 25 heavy (non-hydrogen) atoms. The number of amides is 2. The maximum Gasteiger partial charge on any atom is 0.247 e. The Morgan fingerprint density at radius 2 is 1.72 bits per heavy atom. The van der Waals surface area contributed by atoms with E-state index in [-0.39, 0.29) is 18.2 Å². The van der Waals surface area contributed by atoms with E-state index in [2.05, 4.69) is 0 Å². The summed E-state index contributed by atoms with van der Waals surface area (Å²) in [5, 5.41) is -0.400. The first-order valence-electron chi connectivity index (χ1n) is 8.11. The zero-order valence-electron chi connectivity index (χ0n) is 13.7. The summed E-state index contributed by atoms with van der Waals surface area (Å²) in [7, 11) is 0. The van der Waals surface area contributed by atoms with Crippen LogP contribution in [0.3, 0.4) is 0 Å². The lowest BCUT2D eigenvalue weighted by atomic mass is 10.2. The van der Waals surface area contributed by atoms with Gasteiger partial charge in [-0.2, -0.15) is 0 Å². The van der Waals surface area contributed by atoms with Crippen LogP contribution < -0.4 is 14.4 Å². The number of ether oxygens (including phenoxy) is 2. The number of hydrogen-bond donors (Lipinski definition) is 0. The van der Waals surface area contributed by atoms with Crippen molar-refractivity contribution < 1.29 is 19.1 Å². The number of nitrogens with zero attached hydrogens (tertiary/aromatic N) is 1. The highest BCUT2D eigenvalue weighted by atomic mass is 32.2. The first-order chi connectivity index (χ1) is 12.1. The van der Waals surface area contributed by atoms with Gasteiger partial charge in [-0.3, -0.25) is 9.59 Å². The molecule has 0 spiro atoms. The van der Waals surface area contributed by atoms with Gasteiger partial charge < -0.3 is 9.47 Å². The molecule has 0 unspecified atom stereocenters.